The molecule has 0 amide bonds. The van der Waals surface area contributed by atoms with Gasteiger partial charge in [0, 0.05) is 55.8 Å². The molecule has 0 aliphatic rings. The normalized spacial score (nSPS) is 11.6. The van der Waals surface area contributed by atoms with Crippen LogP contribution >= 0.6 is 0 Å². The van der Waals surface area contributed by atoms with E-state index in [2.05, 4.69) is 130 Å². The third-order valence-electron chi connectivity index (χ3n) is 10.6. The predicted octanol–water partition coefficient (Wildman–Crippen LogP) is 12.1. The van der Waals surface area contributed by atoms with Crippen LogP contribution in [0.5, 0.6) is 0 Å². The van der Waals surface area contributed by atoms with Gasteiger partial charge in [-0.3, -0.25) is 4.57 Å². The van der Waals surface area contributed by atoms with Crippen molar-refractivity contribution < 1.29 is 0 Å². The molecular formula is C50H32N6. The highest BCUT2D eigenvalue weighted by molar-refractivity contribution is 6.11. The lowest BCUT2D eigenvalue weighted by molar-refractivity contribution is 1.07. The highest BCUT2D eigenvalue weighted by atomic mass is 15.0. The number of aromatic nitrogens is 6. The van der Waals surface area contributed by atoms with E-state index in [4.69, 9.17) is 19.9 Å². The molecule has 0 saturated heterocycles. The molecule has 0 spiro atoms. The van der Waals surface area contributed by atoms with Gasteiger partial charge < -0.3 is 4.57 Å². The minimum atomic E-state index is 0.632. The molecule has 262 valence electrons. The number of rotatable bonds is 6. The highest BCUT2D eigenvalue weighted by Gasteiger charge is 2.18. The minimum Gasteiger partial charge on any atom is -0.309 e. The van der Waals surface area contributed by atoms with Crippen LogP contribution in [0.4, 0.5) is 0 Å². The first-order valence-electron chi connectivity index (χ1n) is 18.7. The maximum atomic E-state index is 4.96. The molecule has 0 aliphatic heterocycles. The van der Waals surface area contributed by atoms with Crippen molar-refractivity contribution >= 4 is 43.7 Å². The zero-order valence-electron chi connectivity index (χ0n) is 30.2. The molecule has 0 atom stereocenters. The van der Waals surface area contributed by atoms with Gasteiger partial charge in [0.05, 0.1) is 16.6 Å². The molecule has 11 aromatic rings. The Morgan fingerprint density at radius 2 is 0.750 bits per heavy atom. The van der Waals surface area contributed by atoms with Gasteiger partial charge in [0.1, 0.15) is 5.65 Å². The van der Waals surface area contributed by atoms with Gasteiger partial charge in [0.2, 0.25) is 0 Å². The molecule has 6 nitrogen and oxygen atoms in total. The molecule has 0 unspecified atom stereocenters. The first-order valence-corrected chi connectivity index (χ1v) is 18.7. The lowest BCUT2D eigenvalue weighted by atomic mass is 10.0. The molecule has 0 aliphatic carbocycles. The first-order chi connectivity index (χ1) is 27.8. The maximum Gasteiger partial charge on any atom is 0.164 e. The zero-order chi connectivity index (χ0) is 37.0. The van der Waals surface area contributed by atoms with E-state index in [0.717, 1.165) is 66.8 Å². The summed E-state index contributed by atoms with van der Waals surface area (Å²) < 4.78 is 4.63. The van der Waals surface area contributed by atoms with E-state index in [0.29, 0.717) is 17.5 Å². The molecule has 0 radical (unpaired) electrons. The fourth-order valence-electron chi connectivity index (χ4n) is 7.99. The lowest BCUT2D eigenvalue weighted by Crippen LogP contribution is -2.00. The third-order valence-corrected chi connectivity index (χ3v) is 10.6. The lowest BCUT2D eigenvalue weighted by Gasteiger charge is -2.11. The Balaban J connectivity index is 1.04. The van der Waals surface area contributed by atoms with Gasteiger partial charge in [-0.25, -0.2) is 19.9 Å². The average Bonchev–Trinajstić information content (AvgIpc) is 3.79. The molecule has 56 heavy (non-hydrogen) atoms. The summed E-state index contributed by atoms with van der Waals surface area (Å²) in [4.78, 5) is 19.6. The quantitative estimate of drug-likeness (QED) is 0.172. The van der Waals surface area contributed by atoms with Crippen LogP contribution in [0.3, 0.4) is 0 Å². The standard InChI is InChI=1S/C50H32N6/c1-4-13-33(14-5-1)47-52-48(34-15-6-2-7-16-34)54-49(53-47)35-22-26-39(27-23-35)55-44-21-11-10-19-40(44)41-28-24-36(31-45(41)55)37-25-29-42-43-20-12-30-51-50(43)56(46(42)32-37)38-17-8-3-9-18-38/h1-32H. The van der Waals surface area contributed by atoms with Gasteiger partial charge >= 0.3 is 0 Å². The predicted molar refractivity (Wildman–Crippen MR) is 228 cm³/mol. The Labute approximate surface area is 322 Å². The number of fused-ring (bicyclic) bond motifs is 6. The van der Waals surface area contributed by atoms with Crippen LogP contribution in [0.25, 0.3) is 100 Å². The topological polar surface area (TPSA) is 61.4 Å². The summed E-state index contributed by atoms with van der Waals surface area (Å²) in [7, 11) is 0. The first kappa shape index (κ1) is 31.8. The summed E-state index contributed by atoms with van der Waals surface area (Å²) in [6.45, 7) is 0. The second kappa shape index (κ2) is 13.0. The molecule has 6 heteroatoms. The molecule has 4 aromatic heterocycles. The van der Waals surface area contributed by atoms with Gasteiger partial charge in [-0.1, -0.05) is 121 Å². The molecule has 0 saturated carbocycles. The second-order valence-corrected chi connectivity index (χ2v) is 13.9. The van der Waals surface area contributed by atoms with Crippen LogP contribution in [0.2, 0.25) is 0 Å². The SMILES string of the molecule is c1ccc(-c2nc(-c3ccccc3)nc(-c3ccc(-n4c5ccccc5c5ccc(-c6ccc7c8cccnc8n(-c8ccccc8)c7c6)cc54)cc3)n2)cc1. The Bertz CT molecular complexity index is 3160. The van der Waals surface area contributed by atoms with Crippen molar-refractivity contribution in [1.29, 1.82) is 0 Å². The highest BCUT2D eigenvalue weighted by Crippen LogP contribution is 2.38. The van der Waals surface area contributed by atoms with Crippen molar-refractivity contribution in [2.24, 2.45) is 0 Å². The fraction of sp³-hybridized carbons (Fsp3) is 0. The summed E-state index contributed by atoms with van der Waals surface area (Å²) in [6.07, 6.45) is 1.87. The van der Waals surface area contributed by atoms with E-state index in [9.17, 15) is 0 Å². The van der Waals surface area contributed by atoms with Crippen molar-refractivity contribution in [3.05, 3.63) is 194 Å². The van der Waals surface area contributed by atoms with E-state index in [1.807, 2.05) is 72.9 Å². The van der Waals surface area contributed by atoms with Crippen LogP contribution in [-0.2, 0) is 0 Å². The number of hydrogen-bond acceptors (Lipinski definition) is 4. The van der Waals surface area contributed by atoms with Gasteiger partial charge in [-0.2, -0.15) is 0 Å². The fourth-order valence-corrected chi connectivity index (χ4v) is 7.99. The van der Waals surface area contributed by atoms with Gasteiger partial charge in [0.15, 0.2) is 17.5 Å². The van der Waals surface area contributed by atoms with Crippen LogP contribution in [-0.4, -0.2) is 29.1 Å². The van der Waals surface area contributed by atoms with Gasteiger partial charge in [-0.05, 0) is 77.9 Å². The Morgan fingerprint density at radius 3 is 1.38 bits per heavy atom. The summed E-state index contributed by atoms with van der Waals surface area (Å²) in [5, 5.41) is 4.73. The van der Waals surface area contributed by atoms with E-state index < -0.39 is 0 Å². The number of pyridine rings is 1. The minimum absolute atomic E-state index is 0.632. The largest absolute Gasteiger partial charge is 0.309 e. The van der Waals surface area contributed by atoms with E-state index in [1.54, 1.807) is 0 Å². The van der Waals surface area contributed by atoms with Gasteiger partial charge in [0.25, 0.3) is 0 Å². The van der Waals surface area contributed by atoms with Crippen molar-refractivity contribution in [1.82, 2.24) is 29.1 Å². The van der Waals surface area contributed by atoms with Crippen LogP contribution in [0.1, 0.15) is 0 Å². The third kappa shape index (κ3) is 5.27. The summed E-state index contributed by atoms with van der Waals surface area (Å²) >= 11 is 0. The average molecular weight is 717 g/mol. The smallest absolute Gasteiger partial charge is 0.164 e. The van der Waals surface area contributed by atoms with Crippen molar-refractivity contribution in [3.63, 3.8) is 0 Å². The Kier molecular flexibility index (Phi) is 7.38. The summed E-state index contributed by atoms with van der Waals surface area (Å²) in [6, 6.07) is 65.6. The van der Waals surface area contributed by atoms with Crippen molar-refractivity contribution in [2.45, 2.75) is 0 Å². The van der Waals surface area contributed by atoms with E-state index in [1.165, 1.54) is 16.2 Å². The Hall–Kier alpha value is -7.70. The zero-order valence-corrected chi connectivity index (χ0v) is 30.2. The van der Waals surface area contributed by atoms with Crippen molar-refractivity contribution in [2.75, 3.05) is 0 Å². The molecule has 0 bridgehead atoms. The van der Waals surface area contributed by atoms with Crippen LogP contribution < -0.4 is 0 Å². The van der Waals surface area contributed by atoms with Crippen LogP contribution in [0.15, 0.2) is 194 Å². The molecular weight excluding hydrogens is 685 g/mol. The number of nitrogens with zero attached hydrogens (tertiary/aromatic N) is 6. The van der Waals surface area contributed by atoms with E-state index >= 15 is 0 Å². The molecule has 0 N–H and O–H groups in total. The monoisotopic (exact) mass is 716 g/mol. The van der Waals surface area contributed by atoms with E-state index in [-0.39, 0.29) is 0 Å². The molecule has 7 aromatic carbocycles. The summed E-state index contributed by atoms with van der Waals surface area (Å²) in [5.74, 6) is 1.92. The molecule has 0 fully saturated rings. The van der Waals surface area contributed by atoms with Gasteiger partial charge in [-0.15, -0.1) is 0 Å². The van der Waals surface area contributed by atoms with Crippen molar-refractivity contribution in [3.8, 4) is 56.7 Å². The Morgan fingerprint density at radius 1 is 0.304 bits per heavy atom. The molecule has 4 heterocycles. The second-order valence-electron chi connectivity index (χ2n) is 13.9. The number of para-hydroxylation sites is 2. The summed E-state index contributed by atoms with van der Waals surface area (Å²) in [5.41, 5.74) is 11.6. The number of hydrogen-bond donors (Lipinski definition) is 0. The maximum absolute atomic E-state index is 4.96. The van der Waals surface area contributed by atoms with Crippen LogP contribution in [0, 0.1) is 0 Å². The number of benzene rings is 7. The molecule has 11 rings (SSSR count).